The zero-order valence-corrected chi connectivity index (χ0v) is 18.4. The molecule has 3 heterocycles. The van der Waals surface area contributed by atoms with E-state index in [9.17, 15) is 4.79 Å². The fourth-order valence-electron chi connectivity index (χ4n) is 4.64. The van der Waals surface area contributed by atoms with E-state index in [0.717, 1.165) is 54.7 Å². The van der Waals surface area contributed by atoms with Crippen LogP contribution < -0.4 is 0 Å². The second kappa shape index (κ2) is 7.94. The first-order valence-corrected chi connectivity index (χ1v) is 11.2. The van der Waals surface area contributed by atoms with Gasteiger partial charge in [0.15, 0.2) is 0 Å². The van der Waals surface area contributed by atoms with Crippen LogP contribution in [0.15, 0.2) is 34.9 Å². The number of benzene rings is 1. The summed E-state index contributed by atoms with van der Waals surface area (Å²) >= 11 is 0. The molecule has 31 heavy (non-hydrogen) atoms. The van der Waals surface area contributed by atoms with Crippen molar-refractivity contribution >= 4 is 5.91 Å². The molecule has 0 radical (unpaired) electrons. The molecule has 0 unspecified atom stereocenters. The van der Waals surface area contributed by atoms with Crippen LogP contribution in [-0.2, 0) is 11.3 Å². The van der Waals surface area contributed by atoms with Gasteiger partial charge in [-0.05, 0) is 63.1 Å². The number of hydrogen-bond donors (Lipinski definition) is 0. The van der Waals surface area contributed by atoms with Gasteiger partial charge < -0.3 is 9.42 Å². The maximum atomic E-state index is 12.9. The van der Waals surface area contributed by atoms with E-state index < -0.39 is 0 Å². The van der Waals surface area contributed by atoms with E-state index in [-0.39, 0.29) is 17.9 Å². The van der Waals surface area contributed by atoms with Crippen LogP contribution in [0.25, 0.3) is 11.4 Å². The van der Waals surface area contributed by atoms with Crippen molar-refractivity contribution < 1.29 is 9.32 Å². The van der Waals surface area contributed by atoms with Gasteiger partial charge in [0.25, 0.3) is 0 Å². The summed E-state index contributed by atoms with van der Waals surface area (Å²) in [6.07, 6.45) is 3.99. The molecule has 1 aliphatic carbocycles. The van der Waals surface area contributed by atoms with E-state index in [1.165, 1.54) is 0 Å². The summed E-state index contributed by atoms with van der Waals surface area (Å²) in [4.78, 5) is 19.6. The smallest absolute Gasteiger partial charge is 0.249 e. The van der Waals surface area contributed by atoms with Gasteiger partial charge in [-0.25, -0.2) is 0 Å². The zero-order valence-electron chi connectivity index (χ0n) is 18.4. The molecule has 1 saturated carbocycles. The predicted octanol–water partition coefficient (Wildman–Crippen LogP) is 4.31. The van der Waals surface area contributed by atoms with Crippen molar-refractivity contribution in [1.29, 1.82) is 0 Å². The lowest BCUT2D eigenvalue weighted by molar-refractivity contribution is -0.137. The first-order chi connectivity index (χ1) is 15.0. The third kappa shape index (κ3) is 4.01. The van der Waals surface area contributed by atoms with E-state index in [0.29, 0.717) is 24.2 Å². The molecule has 7 nitrogen and oxygen atoms in total. The Hall–Kier alpha value is -2.96. The van der Waals surface area contributed by atoms with Gasteiger partial charge in [0, 0.05) is 23.7 Å². The Morgan fingerprint density at radius 1 is 1.23 bits per heavy atom. The SMILES string of the molecule is Cc1cc(C)n(Cc2cccc(-c3noc([C@@H]4CCCCN4C(=O)[C@H]4C[C@@H]4C)n3)c2)n1. The van der Waals surface area contributed by atoms with E-state index in [1.54, 1.807) is 0 Å². The number of piperidine rings is 1. The van der Waals surface area contributed by atoms with Gasteiger partial charge in [-0.1, -0.05) is 30.3 Å². The molecule has 0 bridgehead atoms. The highest BCUT2D eigenvalue weighted by molar-refractivity contribution is 5.82. The number of carbonyl (C=O) groups excluding carboxylic acids is 1. The average Bonchev–Trinajstić information content (AvgIpc) is 3.16. The van der Waals surface area contributed by atoms with Crippen LogP contribution >= 0.6 is 0 Å². The molecule has 162 valence electrons. The van der Waals surface area contributed by atoms with Crippen LogP contribution in [0.5, 0.6) is 0 Å². The number of aromatic nitrogens is 4. The molecular weight excluding hydrogens is 390 g/mol. The quantitative estimate of drug-likeness (QED) is 0.616. The minimum Gasteiger partial charge on any atom is -0.337 e. The second-order valence-corrected chi connectivity index (χ2v) is 9.10. The second-order valence-electron chi connectivity index (χ2n) is 9.10. The van der Waals surface area contributed by atoms with Crippen molar-refractivity contribution in [3.8, 4) is 11.4 Å². The summed E-state index contributed by atoms with van der Waals surface area (Å²) in [7, 11) is 0. The Kier molecular flexibility index (Phi) is 5.12. The van der Waals surface area contributed by atoms with E-state index in [4.69, 9.17) is 9.51 Å². The van der Waals surface area contributed by atoms with Crippen LogP contribution in [0.4, 0.5) is 0 Å². The van der Waals surface area contributed by atoms with Gasteiger partial charge >= 0.3 is 0 Å². The van der Waals surface area contributed by atoms with E-state index in [2.05, 4.69) is 42.3 Å². The van der Waals surface area contributed by atoms with Crippen molar-refractivity contribution in [3.63, 3.8) is 0 Å². The van der Waals surface area contributed by atoms with Crippen molar-refractivity contribution in [2.24, 2.45) is 11.8 Å². The Labute approximate surface area is 182 Å². The van der Waals surface area contributed by atoms with Crippen LogP contribution in [0, 0.1) is 25.7 Å². The lowest BCUT2D eigenvalue weighted by Gasteiger charge is -2.33. The maximum absolute atomic E-state index is 12.9. The third-order valence-electron chi connectivity index (χ3n) is 6.56. The molecule has 1 saturated heterocycles. The van der Waals surface area contributed by atoms with E-state index >= 15 is 0 Å². The van der Waals surface area contributed by atoms with Crippen LogP contribution in [0.2, 0.25) is 0 Å². The van der Waals surface area contributed by atoms with E-state index in [1.807, 2.05) is 28.6 Å². The number of nitrogens with zero attached hydrogens (tertiary/aromatic N) is 5. The summed E-state index contributed by atoms with van der Waals surface area (Å²) < 4.78 is 7.67. The molecule has 3 aromatic rings. The minimum absolute atomic E-state index is 0.104. The van der Waals surface area contributed by atoms with Gasteiger partial charge in [-0.3, -0.25) is 9.48 Å². The first-order valence-electron chi connectivity index (χ1n) is 11.2. The van der Waals surface area contributed by atoms with Gasteiger partial charge in [0.2, 0.25) is 17.6 Å². The summed E-state index contributed by atoms with van der Waals surface area (Å²) in [5.74, 6) is 2.06. The van der Waals surface area contributed by atoms with Crippen molar-refractivity contribution in [1.82, 2.24) is 24.8 Å². The minimum atomic E-state index is -0.104. The molecule has 0 spiro atoms. The van der Waals surface area contributed by atoms with Gasteiger partial charge in [0.1, 0.15) is 6.04 Å². The topological polar surface area (TPSA) is 77.0 Å². The summed E-state index contributed by atoms with van der Waals surface area (Å²) in [5.41, 5.74) is 4.20. The van der Waals surface area contributed by atoms with Crippen LogP contribution in [0.3, 0.4) is 0 Å². The Balaban J connectivity index is 1.36. The third-order valence-corrected chi connectivity index (χ3v) is 6.56. The highest BCUT2D eigenvalue weighted by Gasteiger charge is 2.44. The number of hydrogen-bond acceptors (Lipinski definition) is 5. The molecule has 2 aliphatic rings. The molecular formula is C24H29N5O2. The lowest BCUT2D eigenvalue weighted by atomic mass is 10.0. The van der Waals surface area contributed by atoms with Gasteiger partial charge in [-0.15, -0.1) is 0 Å². The van der Waals surface area contributed by atoms with Crippen molar-refractivity contribution in [2.75, 3.05) is 6.54 Å². The molecule has 3 atom stereocenters. The molecule has 2 aromatic heterocycles. The van der Waals surface area contributed by atoms with Crippen LogP contribution in [-0.4, -0.2) is 37.3 Å². The van der Waals surface area contributed by atoms with Gasteiger partial charge in [-0.2, -0.15) is 10.1 Å². The summed E-state index contributed by atoms with van der Waals surface area (Å²) in [6.45, 7) is 7.69. The lowest BCUT2D eigenvalue weighted by Crippen LogP contribution is -2.39. The van der Waals surface area contributed by atoms with Crippen molar-refractivity contribution in [3.05, 3.63) is 53.2 Å². The average molecular weight is 420 g/mol. The van der Waals surface area contributed by atoms with Gasteiger partial charge in [0.05, 0.1) is 12.2 Å². The highest BCUT2D eigenvalue weighted by atomic mass is 16.5. The number of aryl methyl sites for hydroxylation is 2. The largest absolute Gasteiger partial charge is 0.337 e. The molecule has 1 aliphatic heterocycles. The number of carbonyl (C=O) groups is 1. The summed E-state index contributed by atoms with van der Waals surface area (Å²) in [6, 6.07) is 10.1. The molecule has 1 amide bonds. The molecule has 5 rings (SSSR count). The fourth-order valence-corrected chi connectivity index (χ4v) is 4.64. The van der Waals surface area contributed by atoms with Crippen molar-refractivity contribution in [2.45, 2.75) is 59.0 Å². The number of amides is 1. The summed E-state index contributed by atoms with van der Waals surface area (Å²) in [5, 5.41) is 8.81. The Morgan fingerprint density at radius 2 is 2.06 bits per heavy atom. The monoisotopic (exact) mass is 419 g/mol. The Morgan fingerprint density at radius 3 is 2.81 bits per heavy atom. The predicted molar refractivity (Wildman–Crippen MR) is 116 cm³/mol. The molecule has 7 heteroatoms. The molecule has 2 fully saturated rings. The fraction of sp³-hybridized carbons (Fsp3) is 0.500. The molecule has 0 N–H and O–H groups in total. The molecule has 1 aromatic carbocycles. The Bertz CT molecular complexity index is 1100. The van der Waals surface area contributed by atoms with Crippen LogP contribution in [0.1, 0.15) is 61.5 Å². The highest BCUT2D eigenvalue weighted by Crippen LogP contribution is 2.42. The number of likely N-dealkylation sites (tertiary alicyclic amines) is 1. The maximum Gasteiger partial charge on any atom is 0.249 e. The zero-order chi connectivity index (χ0) is 21.5. The standard InChI is InChI=1S/C24H29N5O2/c1-15-11-20(15)24(30)28-10-5-4-9-21(28)23-25-22(27-31-23)19-8-6-7-18(13-19)14-29-17(3)12-16(2)26-29/h6-8,12-13,15,20-21H,4-5,9-11,14H2,1-3H3/t15-,20-,21-/m0/s1. The first kappa shape index (κ1) is 20.0. The normalized spacial score (nSPS) is 23.2. The number of rotatable bonds is 5.